The molecule has 1 aliphatic heterocycles. The Hall–Kier alpha value is -1.72. The Morgan fingerprint density at radius 1 is 0.639 bits per heavy atom. The number of likely N-dealkylation sites (tertiary alicyclic amines) is 1. The van der Waals surface area contributed by atoms with Gasteiger partial charge in [0.25, 0.3) is 0 Å². The number of benzene rings is 1. The zero-order chi connectivity index (χ0) is 38.7. The zero-order valence-corrected chi connectivity index (χ0v) is 36.5. The van der Waals surface area contributed by atoms with Crippen molar-refractivity contribution in [3.05, 3.63) is 68.8 Å². The van der Waals surface area contributed by atoms with Crippen LogP contribution >= 0.6 is 0 Å². The van der Waals surface area contributed by atoms with Gasteiger partial charge in [-0.05, 0) is 218 Å². The standard InChI is InChI=1S/C57H67NO3/c1-2-59-9-10-61-12-11-60-8-7-58-22-34-33-20-31-18-28-16-29-15-26-14-27-17-30-19-32-21-57(34,56(58)25-6-4-23-3-5-24(23)13-25)55-41(32)46-40(30)45-36(27)35(26)43-39(29)44-37(28)38(31)47-42(33)54(55)53-51(46)49(45)48(43)50(44)52(47)53/h4,6,13,15,26-28,30,32,34-37,39-41,43-56H,2-3,5,7-12,14,16-22H2,1H3. The highest BCUT2D eigenvalue weighted by Crippen LogP contribution is 2.93. The average molecular weight is 814 g/mol. The summed E-state index contributed by atoms with van der Waals surface area (Å²) >= 11 is 0. The van der Waals surface area contributed by atoms with E-state index in [1.807, 2.05) is 0 Å². The number of hydrogen-bond donors (Lipinski definition) is 0. The first-order valence-electron chi connectivity index (χ1n) is 27.0. The normalized spacial score (nSPS) is 60.5. The molecule has 1 aromatic carbocycles. The summed E-state index contributed by atoms with van der Waals surface area (Å²) in [5, 5.41) is 0. The van der Waals surface area contributed by atoms with E-state index in [-0.39, 0.29) is 0 Å². The third kappa shape index (κ3) is 3.36. The van der Waals surface area contributed by atoms with Gasteiger partial charge in [0.05, 0.1) is 33.0 Å². The Morgan fingerprint density at radius 2 is 1.39 bits per heavy atom. The molecular formula is C57H67NO3. The summed E-state index contributed by atoms with van der Waals surface area (Å²) in [6.45, 7) is 8.79. The number of hydrogen-bond acceptors (Lipinski definition) is 4. The molecule has 1 aromatic rings. The highest BCUT2D eigenvalue weighted by Gasteiger charge is 2.88. The van der Waals surface area contributed by atoms with Crippen LogP contribution in [0.4, 0.5) is 0 Å². The van der Waals surface area contributed by atoms with E-state index in [9.17, 15) is 0 Å². The second-order valence-corrected chi connectivity index (χ2v) is 26.2. The Balaban J connectivity index is 0.812. The molecule has 27 atom stereocenters. The van der Waals surface area contributed by atoms with Gasteiger partial charge in [0, 0.05) is 43.0 Å². The van der Waals surface area contributed by atoms with Gasteiger partial charge >= 0.3 is 0 Å². The highest BCUT2D eigenvalue weighted by atomic mass is 16.5. The third-order valence-electron chi connectivity index (χ3n) is 26.1. The number of ether oxygens (including phenoxy) is 3. The molecule has 61 heavy (non-hydrogen) atoms. The summed E-state index contributed by atoms with van der Waals surface area (Å²) in [5.41, 5.74) is 16.2. The monoisotopic (exact) mass is 814 g/mol. The summed E-state index contributed by atoms with van der Waals surface area (Å²) in [4.78, 5) is 3.12. The van der Waals surface area contributed by atoms with Gasteiger partial charge in [0.15, 0.2) is 0 Å². The lowest BCUT2D eigenvalue weighted by Gasteiger charge is -2.62. The predicted molar refractivity (Wildman–Crippen MR) is 230 cm³/mol. The molecule has 13 fully saturated rings. The van der Waals surface area contributed by atoms with E-state index in [0.29, 0.717) is 37.9 Å². The van der Waals surface area contributed by atoms with Gasteiger partial charge < -0.3 is 14.2 Å². The maximum Gasteiger partial charge on any atom is 0.0701 e. The summed E-state index contributed by atoms with van der Waals surface area (Å²) < 4.78 is 18.0. The Morgan fingerprint density at radius 3 is 2.26 bits per heavy atom. The first kappa shape index (κ1) is 33.7. The lowest BCUT2D eigenvalue weighted by atomic mass is 9.41. The Bertz CT molecular complexity index is 2360. The molecule has 18 aliphatic rings. The van der Waals surface area contributed by atoms with Crippen LogP contribution in [0.15, 0.2) is 52.1 Å². The SMILES string of the molecule is CCOCCOCCOCCN1CC2C3=C4C5C6=C(C3)CC3CC7=CC8CC9CC%10CC%11CC2(C2C4C4C5C5C(C63)C7C3C8C9C6C%10C(C4C6C35)C%112)C1c1ccc2c(c1)CC2. The second-order valence-electron chi connectivity index (χ2n) is 26.2. The second kappa shape index (κ2) is 10.8. The number of rotatable bonds is 11. The van der Waals surface area contributed by atoms with Crippen LogP contribution in [0.5, 0.6) is 0 Å². The molecule has 12 saturated carbocycles. The molecule has 17 aliphatic carbocycles. The summed E-state index contributed by atoms with van der Waals surface area (Å²) in [7, 11) is 0. The Kier molecular flexibility index (Phi) is 5.95. The molecule has 1 spiro atoms. The smallest absolute Gasteiger partial charge is 0.0701 e. The van der Waals surface area contributed by atoms with Crippen molar-refractivity contribution in [1.82, 2.24) is 4.90 Å². The minimum Gasteiger partial charge on any atom is -0.379 e. The first-order chi connectivity index (χ1) is 30.2. The molecule has 4 nitrogen and oxygen atoms in total. The maximum atomic E-state index is 6.54. The van der Waals surface area contributed by atoms with Crippen LogP contribution in [0.25, 0.3) is 0 Å². The van der Waals surface area contributed by atoms with E-state index in [1.54, 1.807) is 42.4 Å². The van der Waals surface area contributed by atoms with Gasteiger partial charge in [-0.1, -0.05) is 52.1 Å². The van der Waals surface area contributed by atoms with Gasteiger partial charge in [-0.15, -0.1) is 0 Å². The molecular weight excluding hydrogens is 747 g/mol. The van der Waals surface area contributed by atoms with Crippen molar-refractivity contribution in [2.45, 2.75) is 70.8 Å². The number of nitrogens with zero attached hydrogens (tertiary/aromatic N) is 1. The fraction of sp³-hybridized carbons (Fsp3) is 0.789. The number of fused-ring (bicyclic) bond motifs is 2. The van der Waals surface area contributed by atoms with Crippen LogP contribution in [0.1, 0.15) is 74.6 Å². The topological polar surface area (TPSA) is 30.9 Å². The van der Waals surface area contributed by atoms with E-state index >= 15 is 0 Å². The number of aryl methyl sites for hydroxylation is 2. The van der Waals surface area contributed by atoms with Crippen molar-refractivity contribution >= 4 is 0 Å². The van der Waals surface area contributed by atoms with E-state index in [2.05, 4.69) is 64.0 Å². The van der Waals surface area contributed by atoms with Crippen LogP contribution in [0.3, 0.4) is 0 Å². The van der Waals surface area contributed by atoms with Gasteiger partial charge in [0.1, 0.15) is 0 Å². The van der Waals surface area contributed by atoms with Crippen LogP contribution in [-0.4, -0.2) is 57.6 Å². The maximum absolute atomic E-state index is 6.54. The third-order valence-corrected chi connectivity index (χ3v) is 26.1. The molecule has 318 valence electrons. The lowest BCUT2D eigenvalue weighted by molar-refractivity contribution is -0.147. The molecule has 27 unspecified atom stereocenters. The minimum absolute atomic E-state index is 0.410. The molecule has 19 rings (SSSR count). The van der Waals surface area contributed by atoms with Crippen molar-refractivity contribution < 1.29 is 14.2 Å². The Labute approximate surface area is 363 Å². The van der Waals surface area contributed by atoms with Crippen LogP contribution in [0.2, 0.25) is 0 Å². The van der Waals surface area contributed by atoms with Crippen molar-refractivity contribution in [2.75, 3.05) is 52.7 Å². The van der Waals surface area contributed by atoms with Gasteiger partial charge in [0.2, 0.25) is 0 Å². The summed E-state index contributed by atoms with van der Waals surface area (Å²) in [6, 6.07) is 8.67. The fourth-order valence-corrected chi connectivity index (χ4v) is 26.7. The van der Waals surface area contributed by atoms with Crippen molar-refractivity contribution in [3.8, 4) is 0 Å². The van der Waals surface area contributed by atoms with E-state index in [0.717, 1.165) is 168 Å². The summed E-state index contributed by atoms with van der Waals surface area (Å²) in [5.74, 6) is 25.9. The highest BCUT2D eigenvalue weighted by molar-refractivity contribution is 5.57. The summed E-state index contributed by atoms with van der Waals surface area (Å²) in [6.07, 6.45) is 16.6. The van der Waals surface area contributed by atoms with E-state index in [4.69, 9.17) is 14.2 Å². The van der Waals surface area contributed by atoms with Crippen LogP contribution in [0, 0.1) is 153 Å². The average Bonchev–Trinajstić information content (AvgIpc) is 4.11. The number of allylic oxidation sites excluding steroid dienone is 5. The van der Waals surface area contributed by atoms with Crippen molar-refractivity contribution in [3.63, 3.8) is 0 Å². The molecule has 0 aromatic heterocycles. The van der Waals surface area contributed by atoms with Crippen LogP contribution in [-0.2, 0) is 27.1 Å². The van der Waals surface area contributed by atoms with Crippen molar-refractivity contribution in [2.24, 2.45) is 153 Å². The molecule has 0 radical (unpaired) electrons. The zero-order valence-electron chi connectivity index (χ0n) is 36.5. The van der Waals surface area contributed by atoms with Gasteiger partial charge in [-0.3, -0.25) is 4.90 Å². The first-order valence-corrected chi connectivity index (χ1v) is 27.0. The fourth-order valence-electron chi connectivity index (χ4n) is 26.7. The van der Waals surface area contributed by atoms with E-state index in [1.165, 1.54) is 38.6 Å². The molecule has 0 bridgehead atoms. The minimum atomic E-state index is 0.410. The quantitative estimate of drug-likeness (QED) is 0.165. The van der Waals surface area contributed by atoms with E-state index < -0.39 is 0 Å². The predicted octanol–water partition coefficient (Wildman–Crippen LogP) is 9.07. The molecule has 1 saturated heterocycles. The lowest BCUT2D eigenvalue weighted by Crippen LogP contribution is -2.59. The molecule has 1 heterocycles. The largest absolute Gasteiger partial charge is 0.379 e. The van der Waals surface area contributed by atoms with Crippen LogP contribution < -0.4 is 0 Å². The van der Waals surface area contributed by atoms with Gasteiger partial charge in [-0.2, -0.15) is 0 Å². The van der Waals surface area contributed by atoms with Gasteiger partial charge in [-0.25, -0.2) is 0 Å². The molecule has 0 amide bonds. The van der Waals surface area contributed by atoms with Crippen molar-refractivity contribution in [1.29, 1.82) is 0 Å². The molecule has 0 N–H and O–H groups in total. The molecule has 4 heteroatoms.